The van der Waals surface area contributed by atoms with Crippen LogP contribution in [-0.4, -0.2) is 19.7 Å². The Balaban J connectivity index is 1.68. The van der Waals surface area contributed by atoms with Gasteiger partial charge in [0.2, 0.25) is 0 Å². The summed E-state index contributed by atoms with van der Waals surface area (Å²) in [6.07, 6.45) is 2.36. The van der Waals surface area contributed by atoms with Gasteiger partial charge in [-0.2, -0.15) is 0 Å². The van der Waals surface area contributed by atoms with Gasteiger partial charge in [-0.25, -0.2) is 4.79 Å². The molecule has 0 radical (unpaired) electrons. The van der Waals surface area contributed by atoms with Crippen LogP contribution in [0.15, 0.2) is 48.5 Å². The van der Waals surface area contributed by atoms with Gasteiger partial charge in [-0.05, 0) is 36.6 Å². The fraction of sp³-hybridized carbons (Fsp3) is 0.350. The Morgan fingerprint density at radius 1 is 1.17 bits per heavy atom. The number of hydrogen-bond acceptors (Lipinski definition) is 4. The van der Waals surface area contributed by atoms with Crippen molar-refractivity contribution >= 4 is 11.7 Å². The Morgan fingerprint density at radius 2 is 1.96 bits per heavy atom. The number of rotatable bonds is 2. The molecular formula is C20H21NO3. The van der Waals surface area contributed by atoms with Crippen molar-refractivity contribution in [2.45, 2.75) is 25.0 Å². The monoisotopic (exact) mass is 323 g/mol. The van der Waals surface area contributed by atoms with Gasteiger partial charge in [-0.3, -0.25) is 0 Å². The third kappa shape index (κ3) is 2.57. The molecule has 3 atom stereocenters. The number of carbonyl (C=O) groups excluding carboxylic acids is 1. The van der Waals surface area contributed by atoms with Crippen LogP contribution < -0.4 is 5.32 Å². The summed E-state index contributed by atoms with van der Waals surface area (Å²) in [5.74, 6) is 0.0972. The molecule has 0 saturated carbocycles. The van der Waals surface area contributed by atoms with Gasteiger partial charge in [0.05, 0.1) is 24.8 Å². The Kier molecular flexibility index (Phi) is 3.98. The fourth-order valence-corrected chi connectivity index (χ4v) is 3.89. The second-order valence-electron chi connectivity index (χ2n) is 6.42. The lowest BCUT2D eigenvalue weighted by atomic mass is 9.77. The molecule has 2 aromatic rings. The lowest BCUT2D eigenvalue weighted by molar-refractivity contribution is -0.0381. The van der Waals surface area contributed by atoms with Crippen LogP contribution in [-0.2, 0) is 9.47 Å². The summed E-state index contributed by atoms with van der Waals surface area (Å²) in [7, 11) is 1.40. The molecule has 4 heteroatoms. The predicted octanol–water partition coefficient (Wildman–Crippen LogP) is 4.11. The molecule has 2 heterocycles. The molecule has 1 saturated heterocycles. The van der Waals surface area contributed by atoms with Crippen molar-refractivity contribution in [2.24, 2.45) is 5.92 Å². The minimum Gasteiger partial charge on any atom is -0.465 e. The van der Waals surface area contributed by atoms with E-state index in [0.29, 0.717) is 11.5 Å². The first-order valence-corrected chi connectivity index (χ1v) is 8.43. The average Bonchev–Trinajstić information content (AvgIpc) is 2.67. The van der Waals surface area contributed by atoms with E-state index in [-0.39, 0.29) is 18.1 Å². The lowest BCUT2D eigenvalue weighted by Gasteiger charge is -2.43. The highest BCUT2D eigenvalue weighted by atomic mass is 16.5. The number of hydrogen-bond donors (Lipinski definition) is 1. The molecule has 0 amide bonds. The Hall–Kier alpha value is -2.33. The minimum atomic E-state index is -0.303. The van der Waals surface area contributed by atoms with E-state index in [4.69, 9.17) is 9.47 Å². The molecule has 4 nitrogen and oxygen atoms in total. The van der Waals surface area contributed by atoms with Crippen molar-refractivity contribution in [1.82, 2.24) is 0 Å². The highest BCUT2D eigenvalue weighted by Gasteiger charge is 2.39. The van der Waals surface area contributed by atoms with Gasteiger partial charge >= 0.3 is 5.97 Å². The number of fused-ring (bicyclic) bond motifs is 3. The van der Waals surface area contributed by atoms with Crippen LogP contribution in [0.25, 0.3) is 0 Å². The molecule has 0 aliphatic carbocycles. The first-order chi connectivity index (χ1) is 11.8. The molecule has 3 unspecified atom stereocenters. The quantitative estimate of drug-likeness (QED) is 0.845. The van der Waals surface area contributed by atoms with Gasteiger partial charge in [0.15, 0.2) is 0 Å². The van der Waals surface area contributed by atoms with E-state index >= 15 is 0 Å². The van der Waals surface area contributed by atoms with Gasteiger partial charge in [0, 0.05) is 23.8 Å². The van der Waals surface area contributed by atoms with E-state index in [0.717, 1.165) is 25.1 Å². The van der Waals surface area contributed by atoms with Crippen LogP contribution in [0.3, 0.4) is 0 Å². The molecule has 124 valence electrons. The zero-order valence-electron chi connectivity index (χ0n) is 13.7. The minimum absolute atomic E-state index is 0.140. The van der Waals surface area contributed by atoms with E-state index in [1.807, 2.05) is 30.3 Å². The lowest BCUT2D eigenvalue weighted by Crippen LogP contribution is -2.35. The molecule has 2 aromatic carbocycles. The van der Waals surface area contributed by atoms with Gasteiger partial charge in [0.1, 0.15) is 0 Å². The van der Waals surface area contributed by atoms with E-state index in [1.165, 1.54) is 18.2 Å². The smallest absolute Gasteiger partial charge is 0.337 e. The second-order valence-corrected chi connectivity index (χ2v) is 6.42. The summed E-state index contributed by atoms with van der Waals surface area (Å²) in [5.41, 5.74) is 4.15. The predicted molar refractivity (Wildman–Crippen MR) is 92.0 cm³/mol. The maximum Gasteiger partial charge on any atom is 0.337 e. The van der Waals surface area contributed by atoms with Crippen molar-refractivity contribution < 1.29 is 14.3 Å². The number of nitrogens with one attached hydrogen (secondary N) is 1. The third-order valence-corrected chi connectivity index (χ3v) is 5.07. The van der Waals surface area contributed by atoms with Crippen LogP contribution in [0, 0.1) is 5.92 Å². The fourth-order valence-electron chi connectivity index (χ4n) is 3.89. The topological polar surface area (TPSA) is 47.6 Å². The summed E-state index contributed by atoms with van der Waals surface area (Å²) >= 11 is 0. The van der Waals surface area contributed by atoms with Crippen molar-refractivity contribution in [1.29, 1.82) is 0 Å². The third-order valence-electron chi connectivity index (χ3n) is 5.07. The van der Waals surface area contributed by atoms with Gasteiger partial charge in [-0.1, -0.05) is 30.3 Å². The van der Waals surface area contributed by atoms with E-state index < -0.39 is 0 Å². The number of benzene rings is 2. The summed E-state index contributed by atoms with van der Waals surface area (Å²) in [5, 5.41) is 3.68. The van der Waals surface area contributed by atoms with Crippen LogP contribution in [0.1, 0.15) is 46.5 Å². The van der Waals surface area contributed by atoms with Crippen LogP contribution in [0.4, 0.5) is 5.69 Å². The molecule has 0 aromatic heterocycles. The summed E-state index contributed by atoms with van der Waals surface area (Å²) in [6, 6.07) is 16.3. The summed E-state index contributed by atoms with van der Waals surface area (Å²) in [6.45, 7) is 0.823. The molecule has 2 aliphatic heterocycles. The van der Waals surface area contributed by atoms with Gasteiger partial charge in [-0.15, -0.1) is 0 Å². The molecular weight excluding hydrogens is 302 g/mol. The Labute approximate surface area is 141 Å². The van der Waals surface area contributed by atoms with E-state index in [1.54, 1.807) is 0 Å². The van der Waals surface area contributed by atoms with Crippen LogP contribution >= 0.6 is 0 Å². The maximum absolute atomic E-state index is 11.6. The van der Waals surface area contributed by atoms with Crippen LogP contribution in [0.2, 0.25) is 0 Å². The van der Waals surface area contributed by atoms with E-state index in [2.05, 4.69) is 23.5 Å². The molecule has 2 aliphatic rings. The zero-order valence-corrected chi connectivity index (χ0v) is 13.7. The van der Waals surface area contributed by atoms with Crippen molar-refractivity contribution in [3.05, 3.63) is 65.2 Å². The molecule has 0 spiro atoms. The highest BCUT2D eigenvalue weighted by molar-refractivity contribution is 5.89. The van der Waals surface area contributed by atoms with Crippen molar-refractivity contribution in [2.75, 3.05) is 19.0 Å². The van der Waals surface area contributed by atoms with Crippen molar-refractivity contribution in [3.63, 3.8) is 0 Å². The number of carbonyl (C=O) groups is 1. The zero-order chi connectivity index (χ0) is 16.5. The summed E-state index contributed by atoms with van der Waals surface area (Å²) < 4.78 is 10.9. The number of ether oxygens (including phenoxy) is 2. The molecule has 24 heavy (non-hydrogen) atoms. The Bertz CT molecular complexity index is 741. The molecule has 1 N–H and O–H groups in total. The van der Waals surface area contributed by atoms with Gasteiger partial charge in [0.25, 0.3) is 0 Å². The van der Waals surface area contributed by atoms with E-state index in [9.17, 15) is 4.79 Å². The second kappa shape index (κ2) is 6.29. The number of anilines is 1. The normalized spacial score (nSPS) is 25.1. The number of para-hydroxylation sites is 1. The largest absolute Gasteiger partial charge is 0.465 e. The average molecular weight is 323 g/mol. The Morgan fingerprint density at radius 3 is 2.75 bits per heavy atom. The SMILES string of the molecule is COC(=O)c1ccc(C2Nc3ccccc3C3OCCCC23)cc1. The van der Waals surface area contributed by atoms with Crippen molar-refractivity contribution in [3.8, 4) is 0 Å². The standard InChI is InChI=1S/C20H21NO3/c1-23-20(22)14-10-8-13(9-11-14)18-16-6-4-12-24-19(16)15-5-2-3-7-17(15)21-18/h2-3,5,7-11,16,18-19,21H,4,6,12H2,1H3. The highest BCUT2D eigenvalue weighted by Crippen LogP contribution is 2.48. The number of methoxy groups -OCH3 is 1. The first-order valence-electron chi connectivity index (χ1n) is 8.43. The first kappa shape index (κ1) is 15.2. The van der Waals surface area contributed by atoms with Gasteiger partial charge < -0.3 is 14.8 Å². The van der Waals surface area contributed by atoms with Crippen LogP contribution in [0.5, 0.6) is 0 Å². The molecule has 4 rings (SSSR count). The summed E-state index contributed by atoms with van der Waals surface area (Å²) in [4.78, 5) is 11.6. The number of esters is 1. The molecule has 0 bridgehead atoms. The molecule has 1 fully saturated rings. The maximum atomic E-state index is 11.6.